The summed E-state index contributed by atoms with van der Waals surface area (Å²) in [6.45, 7) is 11.2. The normalized spacial score (nSPS) is 18.0. The molecule has 2 rings (SSSR count). The van der Waals surface area contributed by atoms with Crippen LogP contribution in [0.2, 0.25) is 0 Å². The Hall–Kier alpha value is -1.63. The molecule has 23 heavy (non-hydrogen) atoms. The largest absolute Gasteiger partial charge is 0.444 e. The van der Waals surface area contributed by atoms with Gasteiger partial charge in [0.15, 0.2) is 0 Å². The quantitative estimate of drug-likeness (QED) is 0.847. The number of hydrogen-bond donors (Lipinski definition) is 0. The molecule has 130 valence electrons. The molecule has 1 fully saturated rings. The molecule has 0 saturated carbocycles. The van der Waals surface area contributed by atoms with Crippen LogP contribution < -0.4 is 0 Å². The van der Waals surface area contributed by atoms with Gasteiger partial charge in [-0.2, -0.15) is 0 Å². The summed E-state index contributed by atoms with van der Waals surface area (Å²) in [6, 6.07) is 0. The van der Waals surface area contributed by atoms with Gasteiger partial charge in [0.2, 0.25) is 11.8 Å². The summed E-state index contributed by atoms with van der Waals surface area (Å²) < 4.78 is 16.8. The average Bonchev–Trinajstić information content (AvgIpc) is 2.92. The molecular weight excluding hydrogens is 298 g/mol. The average molecular weight is 325 g/mol. The lowest BCUT2D eigenvalue weighted by molar-refractivity contribution is -0.0869. The van der Waals surface area contributed by atoms with E-state index < -0.39 is 5.60 Å². The van der Waals surface area contributed by atoms with Crippen molar-refractivity contribution >= 4 is 6.09 Å². The van der Waals surface area contributed by atoms with Gasteiger partial charge in [0.05, 0.1) is 5.60 Å². The van der Waals surface area contributed by atoms with Crippen LogP contribution in [0.3, 0.4) is 0 Å². The summed E-state index contributed by atoms with van der Waals surface area (Å²) in [5, 5.41) is 7.88. The molecule has 0 aliphatic carbocycles. The summed E-state index contributed by atoms with van der Waals surface area (Å²) >= 11 is 0. The van der Waals surface area contributed by atoms with Gasteiger partial charge in [-0.05, 0) is 40.5 Å². The van der Waals surface area contributed by atoms with Crippen LogP contribution in [0.1, 0.15) is 59.2 Å². The van der Waals surface area contributed by atoms with Gasteiger partial charge in [0, 0.05) is 19.5 Å². The highest BCUT2D eigenvalue weighted by Crippen LogP contribution is 2.27. The predicted octanol–water partition coefficient (Wildman–Crippen LogP) is 2.94. The van der Waals surface area contributed by atoms with E-state index in [0.29, 0.717) is 31.5 Å². The second-order valence-electron chi connectivity index (χ2n) is 7.15. The Kier molecular flexibility index (Phi) is 5.29. The number of amides is 1. The first-order chi connectivity index (χ1) is 10.7. The molecule has 1 aliphatic heterocycles. The van der Waals surface area contributed by atoms with E-state index in [4.69, 9.17) is 13.9 Å². The molecule has 0 unspecified atom stereocenters. The van der Waals surface area contributed by atoms with Crippen molar-refractivity contribution in [3.63, 3.8) is 0 Å². The predicted molar refractivity (Wildman–Crippen MR) is 83.9 cm³/mol. The zero-order chi connectivity index (χ0) is 17.1. The van der Waals surface area contributed by atoms with Gasteiger partial charge in [0.1, 0.15) is 12.2 Å². The number of ether oxygens (including phenoxy) is 2. The van der Waals surface area contributed by atoms with Crippen LogP contribution in [0, 0.1) is 0 Å². The van der Waals surface area contributed by atoms with Crippen LogP contribution in [0.25, 0.3) is 0 Å². The summed E-state index contributed by atoms with van der Waals surface area (Å²) in [5.41, 5.74) is -0.761. The molecule has 1 saturated heterocycles. The molecule has 2 heterocycles. The minimum atomic E-state index is -0.469. The summed E-state index contributed by atoms with van der Waals surface area (Å²) in [4.78, 5) is 13.8. The molecule has 0 N–H and O–H groups in total. The minimum absolute atomic E-state index is 0.260. The summed E-state index contributed by atoms with van der Waals surface area (Å²) in [5.74, 6) is 1.12. The number of aromatic nitrogens is 2. The number of carbonyl (C=O) groups is 1. The first-order valence-electron chi connectivity index (χ1n) is 8.14. The van der Waals surface area contributed by atoms with Crippen LogP contribution in [0.5, 0.6) is 0 Å². The second kappa shape index (κ2) is 6.86. The molecular formula is C16H27N3O4. The van der Waals surface area contributed by atoms with E-state index in [9.17, 15) is 4.79 Å². The first-order valence-corrected chi connectivity index (χ1v) is 8.14. The van der Waals surface area contributed by atoms with Crippen molar-refractivity contribution in [3.05, 3.63) is 11.8 Å². The van der Waals surface area contributed by atoms with Crippen LogP contribution >= 0.6 is 0 Å². The lowest BCUT2D eigenvalue weighted by Crippen LogP contribution is -2.47. The molecule has 1 aromatic heterocycles. The minimum Gasteiger partial charge on any atom is -0.444 e. The van der Waals surface area contributed by atoms with Crippen molar-refractivity contribution in [2.75, 3.05) is 13.1 Å². The Morgan fingerprint density at radius 1 is 1.26 bits per heavy atom. The van der Waals surface area contributed by atoms with E-state index >= 15 is 0 Å². The smallest absolute Gasteiger partial charge is 0.410 e. The zero-order valence-electron chi connectivity index (χ0n) is 14.7. The highest BCUT2D eigenvalue weighted by atomic mass is 16.6. The third kappa shape index (κ3) is 5.20. The van der Waals surface area contributed by atoms with Gasteiger partial charge >= 0.3 is 6.09 Å². The van der Waals surface area contributed by atoms with Gasteiger partial charge in [0.25, 0.3) is 0 Å². The SMILES string of the molecule is CCc1nnc(COC2(C)CCN(C(=O)OC(C)(C)C)CC2)o1. The third-order valence-corrected chi connectivity index (χ3v) is 3.83. The molecule has 1 aliphatic rings. The van der Waals surface area contributed by atoms with Crippen LogP contribution in [-0.2, 0) is 22.5 Å². The fourth-order valence-electron chi connectivity index (χ4n) is 2.36. The molecule has 0 bridgehead atoms. The molecule has 0 spiro atoms. The van der Waals surface area contributed by atoms with Gasteiger partial charge in [-0.3, -0.25) is 0 Å². The Balaban J connectivity index is 1.81. The van der Waals surface area contributed by atoms with E-state index in [0.717, 1.165) is 19.3 Å². The molecule has 0 aromatic carbocycles. The fraction of sp³-hybridized carbons (Fsp3) is 0.812. The van der Waals surface area contributed by atoms with Crippen LogP contribution in [0.15, 0.2) is 4.42 Å². The van der Waals surface area contributed by atoms with Gasteiger partial charge in [-0.15, -0.1) is 10.2 Å². The van der Waals surface area contributed by atoms with Crippen molar-refractivity contribution < 1.29 is 18.7 Å². The van der Waals surface area contributed by atoms with Crippen molar-refractivity contribution in [1.82, 2.24) is 15.1 Å². The van der Waals surface area contributed by atoms with Crippen molar-refractivity contribution in [3.8, 4) is 0 Å². The number of piperidine rings is 1. The highest BCUT2D eigenvalue weighted by molar-refractivity contribution is 5.68. The summed E-state index contributed by atoms with van der Waals surface area (Å²) in [6.07, 6.45) is 1.96. The first kappa shape index (κ1) is 17.7. The fourth-order valence-corrected chi connectivity index (χ4v) is 2.36. The molecule has 1 aromatic rings. The van der Waals surface area contributed by atoms with Gasteiger partial charge in [-0.1, -0.05) is 6.92 Å². The van der Waals surface area contributed by atoms with Crippen molar-refractivity contribution in [2.45, 2.75) is 71.7 Å². The Bertz CT molecular complexity index is 528. The number of nitrogens with zero attached hydrogens (tertiary/aromatic N) is 3. The Morgan fingerprint density at radius 2 is 1.87 bits per heavy atom. The third-order valence-electron chi connectivity index (χ3n) is 3.83. The Labute approximate surface area is 137 Å². The van der Waals surface area contributed by atoms with Crippen LogP contribution in [0.4, 0.5) is 4.79 Å². The van der Waals surface area contributed by atoms with Gasteiger partial charge in [-0.25, -0.2) is 4.79 Å². The Morgan fingerprint density at radius 3 is 2.39 bits per heavy atom. The number of hydrogen-bond acceptors (Lipinski definition) is 6. The lowest BCUT2D eigenvalue weighted by atomic mass is 9.93. The molecule has 0 radical (unpaired) electrons. The monoisotopic (exact) mass is 325 g/mol. The number of carbonyl (C=O) groups excluding carboxylic acids is 1. The maximum Gasteiger partial charge on any atom is 0.410 e. The van der Waals surface area contributed by atoms with E-state index in [1.165, 1.54) is 0 Å². The van der Waals surface area contributed by atoms with E-state index in [2.05, 4.69) is 17.1 Å². The lowest BCUT2D eigenvalue weighted by Gasteiger charge is -2.39. The number of aryl methyl sites for hydroxylation is 1. The number of likely N-dealkylation sites (tertiary alicyclic amines) is 1. The standard InChI is InChI=1S/C16H27N3O4/c1-6-12-17-18-13(22-12)11-21-16(5)7-9-19(10-8-16)14(20)23-15(2,3)4/h6-11H2,1-5H3. The topological polar surface area (TPSA) is 77.7 Å². The van der Waals surface area contributed by atoms with Crippen molar-refractivity contribution in [1.29, 1.82) is 0 Å². The van der Waals surface area contributed by atoms with Crippen LogP contribution in [-0.4, -0.2) is 45.5 Å². The highest BCUT2D eigenvalue weighted by Gasteiger charge is 2.34. The molecule has 0 atom stereocenters. The number of rotatable bonds is 4. The molecule has 7 heteroatoms. The molecule has 7 nitrogen and oxygen atoms in total. The van der Waals surface area contributed by atoms with E-state index in [1.54, 1.807) is 4.90 Å². The second-order valence-corrected chi connectivity index (χ2v) is 7.15. The molecule has 1 amide bonds. The maximum absolute atomic E-state index is 12.1. The van der Waals surface area contributed by atoms with E-state index in [-0.39, 0.29) is 11.7 Å². The van der Waals surface area contributed by atoms with Gasteiger partial charge < -0.3 is 18.8 Å². The zero-order valence-corrected chi connectivity index (χ0v) is 14.7. The summed E-state index contributed by atoms with van der Waals surface area (Å²) in [7, 11) is 0. The van der Waals surface area contributed by atoms with Crippen molar-refractivity contribution in [2.24, 2.45) is 0 Å². The maximum atomic E-state index is 12.1. The van der Waals surface area contributed by atoms with E-state index in [1.807, 2.05) is 27.7 Å².